The fraction of sp³-hybridized carbons (Fsp3) is 0.609. The summed E-state index contributed by atoms with van der Waals surface area (Å²) in [6.07, 6.45) is 3.08. The SMILES string of the molecule is COC(=O)[C@H](Cc1ccc(Br)cc1)NC(=O)[C@H]1CC[C@H](CNC(=O)OC(C)(C)C)CC1. The predicted octanol–water partition coefficient (Wildman–Crippen LogP) is 3.98. The van der Waals surface area contributed by atoms with E-state index in [0.29, 0.717) is 18.9 Å². The van der Waals surface area contributed by atoms with Crippen LogP contribution in [0.1, 0.15) is 52.0 Å². The lowest BCUT2D eigenvalue weighted by Gasteiger charge is -2.29. The number of hydrogen-bond donors (Lipinski definition) is 2. The Morgan fingerprint density at radius 1 is 1.10 bits per heavy atom. The molecule has 1 aliphatic carbocycles. The lowest BCUT2D eigenvalue weighted by atomic mass is 9.81. The quantitative estimate of drug-likeness (QED) is 0.556. The number of hydrogen-bond acceptors (Lipinski definition) is 5. The third-order valence-electron chi connectivity index (χ3n) is 5.31. The maximum atomic E-state index is 12.8. The molecule has 1 aromatic carbocycles. The zero-order valence-electron chi connectivity index (χ0n) is 18.7. The normalized spacial score (nSPS) is 19.8. The molecule has 0 saturated heterocycles. The van der Waals surface area contributed by atoms with Gasteiger partial charge in [0, 0.05) is 23.4 Å². The van der Waals surface area contributed by atoms with Crippen LogP contribution in [0.3, 0.4) is 0 Å². The average molecular weight is 497 g/mol. The van der Waals surface area contributed by atoms with Crippen LogP contribution in [-0.2, 0) is 25.5 Å². The lowest BCUT2D eigenvalue weighted by molar-refractivity contribution is -0.145. The van der Waals surface area contributed by atoms with E-state index in [1.165, 1.54) is 7.11 Å². The Balaban J connectivity index is 1.82. The Labute approximate surface area is 192 Å². The van der Waals surface area contributed by atoms with E-state index in [-0.39, 0.29) is 11.8 Å². The van der Waals surface area contributed by atoms with Crippen molar-refractivity contribution in [1.29, 1.82) is 0 Å². The van der Waals surface area contributed by atoms with E-state index < -0.39 is 23.7 Å². The molecule has 8 heteroatoms. The largest absolute Gasteiger partial charge is 0.467 e. The Kier molecular flexibility index (Phi) is 9.34. The van der Waals surface area contributed by atoms with Crippen LogP contribution in [0, 0.1) is 11.8 Å². The van der Waals surface area contributed by atoms with Gasteiger partial charge in [-0.3, -0.25) is 4.79 Å². The molecule has 2 rings (SSSR count). The van der Waals surface area contributed by atoms with E-state index in [1.54, 1.807) is 0 Å². The highest BCUT2D eigenvalue weighted by atomic mass is 79.9. The first kappa shape index (κ1) is 25.2. The molecule has 1 saturated carbocycles. The molecule has 1 fully saturated rings. The number of benzene rings is 1. The standard InChI is InChI=1S/C23H33BrN2O5/c1-23(2,3)31-22(29)25-14-16-5-9-17(10-6-16)20(27)26-19(21(28)30-4)13-15-7-11-18(24)12-8-15/h7-8,11-12,16-17,19H,5-6,9-10,13-14H2,1-4H3,(H,25,29)(H,26,27)/t16-,17-,19-/m0/s1. The first-order valence-corrected chi connectivity index (χ1v) is 11.5. The van der Waals surface area contributed by atoms with Gasteiger partial charge in [-0.15, -0.1) is 0 Å². The minimum Gasteiger partial charge on any atom is -0.467 e. The highest BCUT2D eigenvalue weighted by molar-refractivity contribution is 9.10. The number of rotatable bonds is 7. The van der Waals surface area contributed by atoms with Gasteiger partial charge >= 0.3 is 12.1 Å². The van der Waals surface area contributed by atoms with Crippen LogP contribution in [0.2, 0.25) is 0 Å². The topological polar surface area (TPSA) is 93.7 Å². The fourth-order valence-corrected chi connectivity index (χ4v) is 3.92. The molecule has 172 valence electrons. The highest BCUT2D eigenvalue weighted by Gasteiger charge is 2.30. The molecular weight excluding hydrogens is 464 g/mol. The number of nitrogens with one attached hydrogen (secondary N) is 2. The molecule has 1 aliphatic rings. The first-order valence-electron chi connectivity index (χ1n) is 10.7. The fourth-order valence-electron chi connectivity index (χ4n) is 3.65. The van der Waals surface area contributed by atoms with Crippen LogP contribution < -0.4 is 10.6 Å². The molecule has 0 radical (unpaired) electrons. The van der Waals surface area contributed by atoms with Crippen molar-refractivity contribution in [2.24, 2.45) is 11.8 Å². The van der Waals surface area contributed by atoms with E-state index in [1.807, 2.05) is 45.0 Å². The minimum absolute atomic E-state index is 0.119. The van der Waals surface area contributed by atoms with Crippen LogP contribution in [0.5, 0.6) is 0 Å². The van der Waals surface area contributed by atoms with Gasteiger partial charge in [0.05, 0.1) is 7.11 Å². The maximum Gasteiger partial charge on any atom is 0.407 e. The zero-order valence-corrected chi connectivity index (χ0v) is 20.3. The molecule has 1 atom stereocenters. The molecule has 2 amide bonds. The molecular formula is C23H33BrN2O5. The molecule has 2 N–H and O–H groups in total. The monoisotopic (exact) mass is 496 g/mol. The van der Waals surface area contributed by atoms with Crippen LogP contribution in [0.15, 0.2) is 28.7 Å². The number of alkyl carbamates (subject to hydrolysis) is 1. The summed E-state index contributed by atoms with van der Waals surface area (Å²) < 4.78 is 11.1. The van der Waals surface area contributed by atoms with Gasteiger partial charge in [-0.25, -0.2) is 9.59 Å². The molecule has 0 aliphatic heterocycles. The number of methoxy groups -OCH3 is 1. The van der Waals surface area contributed by atoms with E-state index in [4.69, 9.17) is 9.47 Å². The first-order chi connectivity index (χ1) is 14.6. The summed E-state index contributed by atoms with van der Waals surface area (Å²) in [5, 5.41) is 5.69. The number of ether oxygens (including phenoxy) is 2. The third kappa shape index (κ3) is 8.89. The van der Waals surface area contributed by atoms with Crippen molar-refractivity contribution >= 4 is 33.9 Å². The van der Waals surface area contributed by atoms with E-state index in [0.717, 1.165) is 35.7 Å². The van der Waals surface area contributed by atoms with Crippen molar-refractivity contribution in [1.82, 2.24) is 10.6 Å². The van der Waals surface area contributed by atoms with Crippen molar-refractivity contribution in [3.05, 3.63) is 34.3 Å². The molecule has 7 nitrogen and oxygen atoms in total. The van der Waals surface area contributed by atoms with Crippen molar-refractivity contribution in [3.63, 3.8) is 0 Å². The van der Waals surface area contributed by atoms with Gasteiger partial charge < -0.3 is 20.1 Å². The molecule has 0 unspecified atom stereocenters. The van der Waals surface area contributed by atoms with E-state index in [2.05, 4.69) is 26.6 Å². The van der Waals surface area contributed by atoms with Gasteiger partial charge in [0.25, 0.3) is 0 Å². The van der Waals surface area contributed by atoms with Gasteiger partial charge in [-0.05, 0) is 70.1 Å². The number of amides is 2. The summed E-state index contributed by atoms with van der Waals surface area (Å²) in [4.78, 5) is 36.8. The maximum absolute atomic E-state index is 12.8. The number of carbonyl (C=O) groups is 3. The molecule has 0 bridgehead atoms. The number of esters is 1. The summed E-state index contributed by atoms with van der Waals surface area (Å²) in [5.41, 5.74) is 0.419. The van der Waals surface area contributed by atoms with Crippen molar-refractivity contribution < 1.29 is 23.9 Å². The smallest absolute Gasteiger partial charge is 0.407 e. The Morgan fingerprint density at radius 3 is 2.26 bits per heavy atom. The molecule has 0 spiro atoms. The van der Waals surface area contributed by atoms with Gasteiger partial charge in [0.2, 0.25) is 5.91 Å². The van der Waals surface area contributed by atoms with Crippen molar-refractivity contribution in [2.75, 3.05) is 13.7 Å². The van der Waals surface area contributed by atoms with Crippen LogP contribution >= 0.6 is 15.9 Å². The number of carbonyl (C=O) groups excluding carboxylic acids is 3. The van der Waals surface area contributed by atoms with Crippen LogP contribution in [0.4, 0.5) is 4.79 Å². The van der Waals surface area contributed by atoms with Gasteiger partial charge in [0.1, 0.15) is 11.6 Å². The van der Waals surface area contributed by atoms with E-state index >= 15 is 0 Å². The second-order valence-corrected chi connectivity index (χ2v) is 9.93. The Morgan fingerprint density at radius 2 is 1.71 bits per heavy atom. The average Bonchev–Trinajstić information content (AvgIpc) is 2.71. The van der Waals surface area contributed by atoms with Crippen LogP contribution in [-0.4, -0.2) is 43.3 Å². The zero-order chi connectivity index (χ0) is 23.0. The molecule has 0 heterocycles. The van der Waals surface area contributed by atoms with Gasteiger partial charge in [-0.1, -0.05) is 28.1 Å². The summed E-state index contributed by atoms with van der Waals surface area (Å²) in [6.45, 7) is 6.02. The summed E-state index contributed by atoms with van der Waals surface area (Å²) in [5.74, 6) is -0.400. The van der Waals surface area contributed by atoms with Crippen molar-refractivity contribution in [3.8, 4) is 0 Å². The number of halogens is 1. The Hall–Kier alpha value is -2.09. The van der Waals surface area contributed by atoms with Crippen LogP contribution in [0.25, 0.3) is 0 Å². The minimum atomic E-state index is -0.717. The summed E-state index contributed by atoms with van der Waals surface area (Å²) in [7, 11) is 1.33. The Bertz CT molecular complexity index is 752. The van der Waals surface area contributed by atoms with Gasteiger partial charge in [0.15, 0.2) is 0 Å². The molecule has 1 aromatic rings. The second-order valence-electron chi connectivity index (χ2n) is 9.02. The predicted molar refractivity (Wildman–Crippen MR) is 121 cm³/mol. The second kappa shape index (κ2) is 11.5. The summed E-state index contributed by atoms with van der Waals surface area (Å²) >= 11 is 3.39. The van der Waals surface area contributed by atoms with Crippen molar-refractivity contribution in [2.45, 2.75) is 64.5 Å². The van der Waals surface area contributed by atoms with E-state index in [9.17, 15) is 14.4 Å². The van der Waals surface area contributed by atoms with Gasteiger partial charge in [-0.2, -0.15) is 0 Å². The molecule has 0 aromatic heterocycles. The lowest BCUT2D eigenvalue weighted by Crippen LogP contribution is -2.46. The molecule has 31 heavy (non-hydrogen) atoms. The third-order valence-corrected chi connectivity index (χ3v) is 5.84. The highest BCUT2D eigenvalue weighted by Crippen LogP contribution is 2.29. The summed E-state index contributed by atoms with van der Waals surface area (Å²) in [6, 6.07) is 6.91.